The number of carboxylic acids is 1. The summed E-state index contributed by atoms with van der Waals surface area (Å²) < 4.78 is 5.13. The van der Waals surface area contributed by atoms with E-state index in [-0.39, 0.29) is 11.5 Å². The van der Waals surface area contributed by atoms with Crippen molar-refractivity contribution in [3.05, 3.63) is 51.9 Å². The predicted molar refractivity (Wildman–Crippen MR) is 94.7 cm³/mol. The fraction of sp³-hybridized carbons (Fsp3) is 0.389. The summed E-state index contributed by atoms with van der Waals surface area (Å²) in [4.78, 5) is 25.4. The molecule has 0 unspecified atom stereocenters. The molecule has 0 aliphatic carbocycles. The number of carboxylic acid groups (broad SMARTS) is 1. The molecule has 6 nitrogen and oxygen atoms in total. The van der Waals surface area contributed by atoms with Crippen molar-refractivity contribution in [1.29, 1.82) is 0 Å². The summed E-state index contributed by atoms with van der Waals surface area (Å²) in [6.45, 7) is 4.92. The molecule has 3 rings (SSSR count). The molecule has 1 aromatic heterocycles. The highest BCUT2D eigenvalue weighted by Gasteiger charge is 2.22. The van der Waals surface area contributed by atoms with Gasteiger partial charge in [0.1, 0.15) is 5.76 Å². The van der Waals surface area contributed by atoms with Gasteiger partial charge in [-0.2, -0.15) is 0 Å². The molecule has 0 radical (unpaired) electrons. The summed E-state index contributed by atoms with van der Waals surface area (Å²) in [7, 11) is 0. The molecule has 25 heavy (non-hydrogen) atoms. The van der Waals surface area contributed by atoms with E-state index in [0.717, 1.165) is 34.6 Å². The number of nitrogens with zero attached hydrogens (tertiary/aromatic N) is 2. The van der Waals surface area contributed by atoms with Crippen molar-refractivity contribution in [3.63, 3.8) is 0 Å². The highest BCUT2D eigenvalue weighted by molar-refractivity contribution is 7.99. The third kappa shape index (κ3) is 3.87. The minimum Gasteiger partial charge on any atom is -0.478 e. The SMILES string of the molecule is Cc1noc(C)c1CSCC(=O)N1CCc2ccc(C(=O)O)cc2C1. The Morgan fingerprint density at radius 1 is 1.32 bits per heavy atom. The molecule has 0 atom stereocenters. The van der Waals surface area contributed by atoms with E-state index >= 15 is 0 Å². The van der Waals surface area contributed by atoms with Crippen molar-refractivity contribution in [2.75, 3.05) is 12.3 Å². The van der Waals surface area contributed by atoms with Gasteiger partial charge in [0.15, 0.2) is 0 Å². The summed E-state index contributed by atoms with van der Waals surface area (Å²) in [5.74, 6) is 1.01. The summed E-state index contributed by atoms with van der Waals surface area (Å²) in [6.07, 6.45) is 0.759. The van der Waals surface area contributed by atoms with E-state index < -0.39 is 5.97 Å². The molecule has 0 saturated carbocycles. The molecule has 132 valence electrons. The van der Waals surface area contributed by atoms with E-state index in [1.165, 1.54) is 0 Å². The summed E-state index contributed by atoms with van der Waals surface area (Å²) in [5, 5.41) is 13.0. The van der Waals surface area contributed by atoms with Gasteiger partial charge < -0.3 is 14.5 Å². The highest BCUT2D eigenvalue weighted by Crippen LogP contribution is 2.23. The van der Waals surface area contributed by atoms with Gasteiger partial charge in [-0.1, -0.05) is 11.2 Å². The fourth-order valence-corrected chi connectivity index (χ4v) is 4.02. The van der Waals surface area contributed by atoms with Crippen molar-refractivity contribution in [3.8, 4) is 0 Å². The van der Waals surface area contributed by atoms with Crippen LogP contribution in [0.4, 0.5) is 0 Å². The molecule has 0 spiro atoms. The Balaban J connectivity index is 1.58. The van der Waals surface area contributed by atoms with Gasteiger partial charge >= 0.3 is 5.97 Å². The molecule has 0 fully saturated rings. The normalized spacial score (nSPS) is 13.6. The van der Waals surface area contributed by atoms with Gasteiger partial charge in [-0.25, -0.2) is 4.79 Å². The van der Waals surface area contributed by atoms with Crippen LogP contribution in [0.1, 0.15) is 38.5 Å². The molecule has 7 heteroatoms. The smallest absolute Gasteiger partial charge is 0.335 e. The third-order valence-corrected chi connectivity index (χ3v) is 5.42. The van der Waals surface area contributed by atoms with Gasteiger partial charge in [0.05, 0.1) is 17.0 Å². The number of rotatable bonds is 5. The van der Waals surface area contributed by atoms with Crippen LogP contribution in [0, 0.1) is 13.8 Å². The molecule has 1 aromatic carbocycles. The molecular weight excluding hydrogens is 340 g/mol. The Hall–Kier alpha value is -2.28. The van der Waals surface area contributed by atoms with Crippen LogP contribution in [0.2, 0.25) is 0 Å². The second-order valence-electron chi connectivity index (χ2n) is 6.15. The van der Waals surface area contributed by atoms with Crippen LogP contribution in [0.3, 0.4) is 0 Å². The number of aryl methyl sites for hydroxylation is 2. The van der Waals surface area contributed by atoms with E-state index in [2.05, 4.69) is 5.16 Å². The van der Waals surface area contributed by atoms with Crippen LogP contribution in [0.25, 0.3) is 0 Å². The van der Waals surface area contributed by atoms with E-state index in [1.807, 2.05) is 19.9 Å². The topological polar surface area (TPSA) is 83.6 Å². The maximum atomic E-state index is 12.5. The van der Waals surface area contributed by atoms with Gasteiger partial charge in [0.2, 0.25) is 5.91 Å². The van der Waals surface area contributed by atoms with Gasteiger partial charge in [-0.15, -0.1) is 11.8 Å². The Kier molecular flexibility index (Phi) is 5.13. The molecule has 2 heterocycles. The zero-order valence-corrected chi connectivity index (χ0v) is 15.1. The number of carbonyl (C=O) groups excluding carboxylic acids is 1. The number of carbonyl (C=O) groups is 2. The minimum atomic E-state index is -0.943. The van der Waals surface area contributed by atoms with Crippen LogP contribution in [-0.2, 0) is 23.5 Å². The fourth-order valence-electron chi connectivity index (χ4n) is 2.94. The average Bonchev–Trinajstić information content (AvgIpc) is 2.92. The molecule has 1 aliphatic heterocycles. The number of aromatic carboxylic acids is 1. The Bertz CT molecular complexity index is 796. The molecule has 1 amide bonds. The summed E-state index contributed by atoms with van der Waals surface area (Å²) in [5.41, 5.74) is 4.23. The van der Waals surface area contributed by atoms with Crippen molar-refractivity contribution >= 4 is 23.6 Å². The Morgan fingerprint density at radius 2 is 2.12 bits per heavy atom. The third-order valence-electron chi connectivity index (χ3n) is 4.47. The first-order valence-corrected chi connectivity index (χ1v) is 9.23. The van der Waals surface area contributed by atoms with Gasteiger partial charge in [0.25, 0.3) is 0 Å². The monoisotopic (exact) mass is 360 g/mol. The van der Waals surface area contributed by atoms with Crippen LogP contribution < -0.4 is 0 Å². The first-order valence-electron chi connectivity index (χ1n) is 8.08. The lowest BCUT2D eigenvalue weighted by molar-refractivity contribution is -0.129. The van der Waals surface area contributed by atoms with Crippen molar-refractivity contribution in [2.24, 2.45) is 0 Å². The number of thioether (sulfide) groups is 1. The first-order chi connectivity index (χ1) is 12.0. The number of aromatic nitrogens is 1. The molecular formula is C18H20N2O4S. The predicted octanol–water partition coefficient (Wildman–Crippen LogP) is 2.81. The van der Waals surface area contributed by atoms with Crippen LogP contribution in [-0.4, -0.2) is 39.3 Å². The number of fused-ring (bicyclic) bond motifs is 1. The maximum absolute atomic E-state index is 12.5. The van der Waals surface area contributed by atoms with Gasteiger partial charge in [-0.3, -0.25) is 4.79 Å². The van der Waals surface area contributed by atoms with E-state index in [9.17, 15) is 9.59 Å². The number of hydrogen-bond acceptors (Lipinski definition) is 5. The molecule has 2 aromatic rings. The average molecular weight is 360 g/mol. The van der Waals surface area contributed by atoms with E-state index in [0.29, 0.717) is 24.6 Å². The molecule has 1 aliphatic rings. The standard InChI is InChI=1S/C18H20N2O4S/c1-11-16(12(2)24-19-11)9-25-10-17(21)20-6-5-13-3-4-14(18(22)23)7-15(13)8-20/h3-4,7H,5-6,8-10H2,1-2H3,(H,22,23). The maximum Gasteiger partial charge on any atom is 0.335 e. The number of hydrogen-bond donors (Lipinski definition) is 1. The quantitative estimate of drug-likeness (QED) is 0.883. The van der Waals surface area contributed by atoms with Crippen molar-refractivity contribution in [2.45, 2.75) is 32.6 Å². The Labute approximate surface area is 150 Å². The summed E-state index contributed by atoms with van der Waals surface area (Å²) in [6, 6.07) is 5.15. The van der Waals surface area contributed by atoms with Gasteiger partial charge in [-0.05, 0) is 43.5 Å². The molecule has 1 N–H and O–H groups in total. The van der Waals surface area contributed by atoms with E-state index in [1.54, 1.807) is 28.8 Å². The first kappa shape index (κ1) is 17.5. The highest BCUT2D eigenvalue weighted by atomic mass is 32.2. The zero-order chi connectivity index (χ0) is 18.0. The number of amides is 1. The number of benzene rings is 1. The second-order valence-corrected chi connectivity index (χ2v) is 7.14. The Morgan fingerprint density at radius 3 is 2.80 bits per heavy atom. The zero-order valence-electron chi connectivity index (χ0n) is 14.2. The van der Waals surface area contributed by atoms with E-state index in [4.69, 9.17) is 9.63 Å². The lowest BCUT2D eigenvalue weighted by Gasteiger charge is -2.29. The largest absolute Gasteiger partial charge is 0.478 e. The lowest BCUT2D eigenvalue weighted by Crippen LogP contribution is -2.37. The minimum absolute atomic E-state index is 0.0724. The molecule has 0 bridgehead atoms. The molecule has 0 saturated heterocycles. The van der Waals surface area contributed by atoms with Crippen LogP contribution in [0.5, 0.6) is 0 Å². The summed E-state index contributed by atoms with van der Waals surface area (Å²) >= 11 is 1.55. The lowest BCUT2D eigenvalue weighted by atomic mass is 9.97. The van der Waals surface area contributed by atoms with Gasteiger partial charge in [0, 0.05) is 24.4 Å². The van der Waals surface area contributed by atoms with Crippen LogP contribution >= 0.6 is 11.8 Å². The van der Waals surface area contributed by atoms with Crippen LogP contribution in [0.15, 0.2) is 22.7 Å². The second kappa shape index (κ2) is 7.31. The van der Waals surface area contributed by atoms with Crippen molar-refractivity contribution in [1.82, 2.24) is 10.1 Å². The van der Waals surface area contributed by atoms with Crippen molar-refractivity contribution < 1.29 is 19.2 Å².